The first-order chi connectivity index (χ1) is 10.7. The molecule has 128 valence electrons. The zero-order valence-corrected chi connectivity index (χ0v) is 14.0. The first kappa shape index (κ1) is 15.8. The molecule has 8 atom stereocenters. The SMILES string of the molecule is C[C@]12C=CC(=O)CC1CC(O)[C@@H]1[C@H]2CC[C@@]2(C)[C@H]1CCC2(O)F. The molecule has 4 aliphatic carbocycles. The van der Waals surface area contributed by atoms with Crippen molar-refractivity contribution >= 4 is 5.78 Å². The zero-order chi connectivity index (χ0) is 16.6. The third-order valence-corrected chi connectivity index (χ3v) is 8.11. The molecule has 0 heterocycles. The van der Waals surface area contributed by atoms with Crippen LogP contribution >= 0.6 is 0 Å². The van der Waals surface area contributed by atoms with Crippen molar-refractivity contribution < 1.29 is 19.4 Å². The van der Waals surface area contributed by atoms with E-state index in [-0.39, 0.29) is 41.3 Å². The van der Waals surface area contributed by atoms with Gasteiger partial charge in [-0.3, -0.25) is 4.79 Å². The van der Waals surface area contributed by atoms with Crippen molar-refractivity contribution in [1.82, 2.24) is 0 Å². The predicted molar refractivity (Wildman–Crippen MR) is 84.1 cm³/mol. The zero-order valence-electron chi connectivity index (χ0n) is 14.0. The van der Waals surface area contributed by atoms with Gasteiger partial charge in [-0.2, -0.15) is 0 Å². The Morgan fingerprint density at radius 2 is 1.91 bits per heavy atom. The number of ketones is 1. The number of carbonyl (C=O) groups excluding carboxylic acids is 1. The van der Waals surface area contributed by atoms with Crippen LogP contribution in [0.4, 0.5) is 4.39 Å². The molecule has 0 aliphatic heterocycles. The van der Waals surface area contributed by atoms with Crippen LogP contribution < -0.4 is 0 Å². The molecule has 0 saturated heterocycles. The molecule has 3 saturated carbocycles. The summed E-state index contributed by atoms with van der Waals surface area (Å²) in [6.07, 6.45) is 6.70. The van der Waals surface area contributed by atoms with Crippen LogP contribution in [0.1, 0.15) is 52.4 Å². The Hall–Kier alpha value is -0.740. The van der Waals surface area contributed by atoms with Crippen molar-refractivity contribution in [1.29, 1.82) is 0 Å². The number of hydrogen-bond acceptors (Lipinski definition) is 3. The van der Waals surface area contributed by atoms with Gasteiger partial charge in [-0.1, -0.05) is 19.9 Å². The Kier molecular flexibility index (Phi) is 3.20. The molecule has 3 unspecified atom stereocenters. The summed E-state index contributed by atoms with van der Waals surface area (Å²) in [6, 6.07) is 0. The van der Waals surface area contributed by atoms with E-state index in [1.807, 2.05) is 6.92 Å². The number of hydrogen-bond donors (Lipinski definition) is 2. The van der Waals surface area contributed by atoms with Crippen molar-refractivity contribution in [2.24, 2.45) is 34.5 Å². The summed E-state index contributed by atoms with van der Waals surface area (Å²) in [5, 5.41) is 21.1. The molecule has 4 aliphatic rings. The smallest absolute Gasteiger partial charge is 0.212 e. The number of carbonyl (C=O) groups is 1. The van der Waals surface area contributed by atoms with E-state index in [1.54, 1.807) is 6.08 Å². The van der Waals surface area contributed by atoms with Gasteiger partial charge in [-0.05, 0) is 60.8 Å². The van der Waals surface area contributed by atoms with Crippen molar-refractivity contribution in [2.75, 3.05) is 0 Å². The van der Waals surface area contributed by atoms with Crippen LogP contribution in [0, 0.1) is 34.5 Å². The maximum Gasteiger partial charge on any atom is 0.212 e. The first-order valence-corrected chi connectivity index (χ1v) is 9.00. The van der Waals surface area contributed by atoms with Crippen molar-refractivity contribution in [3.8, 4) is 0 Å². The van der Waals surface area contributed by atoms with Gasteiger partial charge in [0.1, 0.15) is 0 Å². The van der Waals surface area contributed by atoms with Crippen LogP contribution in [-0.4, -0.2) is 28.0 Å². The Bertz CT molecular complexity index is 571. The minimum atomic E-state index is -2.11. The normalized spacial score (nSPS) is 58.5. The molecule has 0 aromatic carbocycles. The van der Waals surface area contributed by atoms with E-state index < -0.39 is 17.4 Å². The Balaban J connectivity index is 1.74. The van der Waals surface area contributed by atoms with E-state index >= 15 is 0 Å². The number of halogens is 1. The van der Waals surface area contributed by atoms with Crippen LogP contribution in [0.3, 0.4) is 0 Å². The summed E-state index contributed by atoms with van der Waals surface area (Å²) in [4.78, 5) is 11.8. The van der Waals surface area contributed by atoms with E-state index in [2.05, 4.69) is 13.0 Å². The molecular formula is C19H27FO3. The number of fused-ring (bicyclic) bond motifs is 5. The van der Waals surface area contributed by atoms with Crippen LogP contribution in [0.25, 0.3) is 0 Å². The molecule has 0 spiro atoms. The number of aliphatic hydroxyl groups is 2. The minimum absolute atomic E-state index is 0.0232. The summed E-state index contributed by atoms with van der Waals surface area (Å²) in [5.41, 5.74) is -0.831. The average Bonchev–Trinajstić information content (AvgIpc) is 2.72. The topological polar surface area (TPSA) is 57.5 Å². The van der Waals surface area contributed by atoms with Gasteiger partial charge < -0.3 is 10.2 Å². The van der Waals surface area contributed by atoms with Gasteiger partial charge >= 0.3 is 0 Å². The lowest BCUT2D eigenvalue weighted by molar-refractivity contribution is -0.215. The van der Waals surface area contributed by atoms with Gasteiger partial charge in [0.15, 0.2) is 5.78 Å². The van der Waals surface area contributed by atoms with E-state index in [1.165, 1.54) is 0 Å². The second-order valence-corrected chi connectivity index (χ2v) is 8.91. The summed E-state index contributed by atoms with van der Waals surface area (Å²) >= 11 is 0. The summed E-state index contributed by atoms with van der Waals surface area (Å²) in [7, 11) is 0. The van der Waals surface area contributed by atoms with E-state index in [0.29, 0.717) is 25.7 Å². The fourth-order valence-corrected chi connectivity index (χ4v) is 6.57. The summed E-state index contributed by atoms with van der Waals surface area (Å²) < 4.78 is 14.7. The highest BCUT2D eigenvalue weighted by Crippen LogP contribution is 2.67. The predicted octanol–water partition coefficient (Wildman–Crippen LogP) is 3.00. The number of alkyl halides is 1. The van der Waals surface area contributed by atoms with Gasteiger partial charge in [-0.15, -0.1) is 0 Å². The Morgan fingerprint density at radius 3 is 2.65 bits per heavy atom. The summed E-state index contributed by atoms with van der Waals surface area (Å²) in [6.45, 7) is 4.08. The highest BCUT2D eigenvalue weighted by molar-refractivity contribution is 5.91. The fourth-order valence-electron chi connectivity index (χ4n) is 6.57. The maximum atomic E-state index is 14.7. The van der Waals surface area contributed by atoms with Crippen LogP contribution in [0.2, 0.25) is 0 Å². The molecule has 2 N–H and O–H groups in total. The molecule has 0 bridgehead atoms. The Labute approximate surface area is 137 Å². The van der Waals surface area contributed by atoms with E-state index in [0.717, 1.165) is 6.42 Å². The maximum absolute atomic E-state index is 14.7. The van der Waals surface area contributed by atoms with Gasteiger partial charge in [-0.25, -0.2) is 4.39 Å². The Morgan fingerprint density at radius 1 is 1.22 bits per heavy atom. The van der Waals surface area contributed by atoms with Crippen molar-refractivity contribution in [3.63, 3.8) is 0 Å². The molecule has 4 heteroatoms. The quantitative estimate of drug-likeness (QED) is 0.721. The minimum Gasteiger partial charge on any atom is -0.393 e. The van der Waals surface area contributed by atoms with Gasteiger partial charge in [0.2, 0.25) is 5.85 Å². The molecular weight excluding hydrogens is 295 g/mol. The van der Waals surface area contributed by atoms with Crippen LogP contribution in [-0.2, 0) is 4.79 Å². The molecule has 0 aromatic heterocycles. The van der Waals surface area contributed by atoms with E-state index in [4.69, 9.17) is 0 Å². The van der Waals surface area contributed by atoms with E-state index in [9.17, 15) is 19.4 Å². The largest absolute Gasteiger partial charge is 0.393 e. The third kappa shape index (κ3) is 1.91. The second-order valence-electron chi connectivity index (χ2n) is 8.91. The molecule has 23 heavy (non-hydrogen) atoms. The highest BCUT2D eigenvalue weighted by atomic mass is 19.2. The van der Waals surface area contributed by atoms with Crippen molar-refractivity contribution in [2.45, 2.75) is 64.3 Å². The molecule has 3 fully saturated rings. The van der Waals surface area contributed by atoms with Gasteiger partial charge in [0.25, 0.3) is 0 Å². The average molecular weight is 322 g/mol. The summed E-state index contributed by atoms with van der Waals surface area (Å²) in [5.74, 6) is -1.46. The van der Waals surface area contributed by atoms with Crippen LogP contribution in [0.15, 0.2) is 12.2 Å². The standard InChI is InChI=1S/C19H27FO3/c1-17-6-3-12(21)9-11(17)10-15(22)16-13(17)4-7-18(2)14(16)5-8-19(18,20)23/h3,6,11,13-16,22-23H,4-5,7-10H2,1-2H3/t11?,13-,14+,15?,16-,17+,18+,19?/m1/s1. The third-order valence-electron chi connectivity index (χ3n) is 8.11. The molecule has 4 rings (SSSR count). The van der Waals surface area contributed by atoms with Gasteiger partial charge in [0, 0.05) is 18.3 Å². The molecule has 0 aromatic rings. The molecule has 0 radical (unpaired) electrons. The molecule has 3 nitrogen and oxygen atoms in total. The number of allylic oxidation sites excluding steroid dienone is 2. The van der Waals surface area contributed by atoms with Crippen LogP contribution in [0.5, 0.6) is 0 Å². The highest BCUT2D eigenvalue weighted by Gasteiger charge is 2.66. The lowest BCUT2D eigenvalue weighted by atomic mass is 9.45. The lowest BCUT2D eigenvalue weighted by Crippen LogP contribution is -2.59. The van der Waals surface area contributed by atoms with Gasteiger partial charge in [0.05, 0.1) is 6.10 Å². The first-order valence-electron chi connectivity index (χ1n) is 9.00. The second kappa shape index (κ2) is 4.66. The number of aliphatic hydroxyl groups excluding tert-OH is 1. The molecule has 0 amide bonds. The number of rotatable bonds is 0. The monoisotopic (exact) mass is 322 g/mol. The van der Waals surface area contributed by atoms with Crippen molar-refractivity contribution in [3.05, 3.63) is 12.2 Å². The lowest BCUT2D eigenvalue weighted by Gasteiger charge is -2.60. The fraction of sp³-hybridized carbons (Fsp3) is 0.842.